The maximum atomic E-state index is 12.2. The normalized spacial score (nSPS) is 11.5. The summed E-state index contributed by atoms with van der Waals surface area (Å²) in [5.41, 5.74) is 0.633. The minimum absolute atomic E-state index is 0.0975. The van der Waals surface area contributed by atoms with Gasteiger partial charge in [-0.05, 0) is 37.6 Å². The average molecular weight is 363 g/mol. The fraction of sp³-hybridized carbons (Fsp3) is 0.375. The number of carbonyl (C=O) groups excluding carboxylic acids is 2. The van der Waals surface area contributed by atoms with Crippen LogP contribution in [0.15, 0.2) is 24.3 Å². The van der Waals surface area contributed by atoms with Crippen molar-refractivity contribution in [1.82, 2.24) is 20.8 Å². The van der Waals surface area contributed by atoms with Gasteiger partial charge in [-0.1, -0.05) is 18.3 Å². The van der Waals surface area contributed by atoms with Crippen molar-refractivity contribution in [2.24, 2.45) is 0 Å². The number of nitrogens with zero attached hydrogens (tertiary/aromatic N) is 2. The number of methoxy groups -OCH3 is 1. The van der Waals surface area contributed by atoms with Crippen LogP contribution in [-0.2, 0) is 6.54 Å². The molecule has 9 heteroatoms. The molecule has 1 aromatic carbocycles. The van der Waals surface area contributed by atoms with Gasteiger partial charge < -0.3 is 20.7 Å². The van der Waals surface area contributed by atoms with Crippen molar-refractivity contribution < 1.29 is 14.3 Å². The summed E-state index contributed by atoms with van der Waals surface area (Å²) in [5.74, 6) is 0.357. The number of ether oxygens (including phenoxy) is 1. The Hall–Kier alpha value is -2.68. The summed E-state index contributed by atoms with van der Waals surface area (Å²) in [6, 6.07) is 6.80. The number of rotatable bonds is 7. The molecule has 0 spiro atoms. The Morgan fingerprint density at radius 1 is 1.24 bits per heavy atom. The number of hydrogen-bond acceptors (Lipinski definition) is 6. The van der Waals surface area contributed by atoms with E-state index in [2.05, 4.69) is 26.1 Å². The Kier molecular flexibility index (Phi) is 6.70. The topological polar surface area (TPSA) is 105 Å². The van der Waals surface area contributed by atoms with Gasteiger partial charge in [0.1, 0.15) is 10.8 Å². The van der Waals surface area contributed by atoms with E-state index in [-0.39, 0.29) is 29.5 Å². The molecule has 134 valence electrons. The lowest BCUT2D eigenvalue weighted by Gasteiger charge is -2.11. The van der Waals surface area contributed by atoms with Gasteiger partial charge in [0, 0.05) is 11.7 Å². The Morgan fingerprint density at radius 3 is 2.60 bits per heavy atom. The monoisotopic (exact) mass is 363 g/mol. The fourth-order valence-electron chi connectivity index (χ4n) is 1.81. The van der Waals surface area contributed by atoms with Gasteiger partial charge in [-0.2, -0.15) is 0 Å². The van der Waals surface area contributed by atoms with Crippen LogP contribution in [0.1, 0.15) is 35.1 Å². The summed E-state index contributed by atoms with van der Waals surface area (Å²) in [6.07, 6.45) is 0.849. The molecule has 8 nitrogen and oxygen atoms in total. The van der Waals surface area contributed by atoms with E-state index in [0.29, 0.717) is 16.4 Å². The fourth-order valence-corrected chi connectivity index (χ4v) is 2.48. The molecule has 1 aromatic heterocycles. The van der Waals surface area contributed by atoms with E-state index in [1.54, 1.807) is 31.4 Å². The molecule has 3 N–H and O–H groups in total. The molecular formula is C16H21N5O3S. The van der Waals surface area contributed by atoms with Crippen LogP contribution in [-0.4, -0.2) is 35.3 Å². The van der Waals surface area contributed by atoms with Crippen molar-refractivity contribution in [3.05, 3.63) is 34.3 Å². The average Bonchev–Trinajstić information content (AvgIpc) is 3.09. The Bertz CT molecular complexity index is 717. The first-order valence-electron chi connectivity index (χ1n) is 7.84. The number of aromatic nitrogens is 2. The first-order chi connectivity index (χ1) is 12.0. The van der Waals surface area contributed by atoms with Crippen LogP contribution in [0.3, 0.4) is 0 Å². The second kappa shape index (κ2) is 8.97. The Morgan fingerprint density at radius 2 is 1.96 bits per heavy atom. The summed E-state index contributed by atoms with van der Waals surface area (Å²) in [6.45, 7) is 4.13. The molecule has 0 aliphatic carbocycles. The summed E-state index contributed by atoms with van der Waals surface area (Å²) < 4.78 is 5.07. The molecule has 1 unspecified atom stereocenters. The smallest absolute Gasteiger partial charge is 0.315 e. The van der Waals surface area contributed by atoms with Crippen LogP contribution in [0, 0.1) is 0 Å². The van der Waals surface area contributed by atoms with Gasteiger partial charge in [0.25, 0.3) is 5.91 Å². The molecule has 0 aliphatic heterocycles. The first kappa shape index (κ1) is 18.7. The van der Waals surface area contributed by atoms with Crippen LogP contribution in [0.25, 0.3) is 0 Å². The zero-order valence-electron chi connectivity index (χ0n) is 14.3. The lowest BCUT2D eigenvalue weighted by Crippen LogP contribution is -2.40. The van der Waals surface area contributed by atoms with E-state index in [4.69, 9.17) is 4.74 Å². The Balaban J connectivity index is 1.86. The van der Waals surface area contributed by atoms with Crippen molar-refractivity contribution in [2.45, 2.75) is 32.9 Å². The van der Waals surface area contributed by atoms with Crippen molar-refractivity contribution in [2.75, 3.05) is 12.4 Å². The number of amides is 3. The summed E-state index contributed by atoms with van der Waals surface area (Å²) in [7, 11) is 1.58. The van der Waals surface area contributed by atoms with Gasteiger partial charge in [0.05, 0.1) is 13.7 Å². The Labute approximate surface area is 150 Å². The molecule has 1 atom stereocenters. The van der Waals surface area contributed by atoms with E-state index in [1.807, 2.05) is 13.8 Å². The molecule has 0 aliphatic rings. The van der Waals surface area contributed by atoms with E-state index in [1.165, 1.54) is 0 Å². The van der Waals surface area contributed by atoms with Gasteiger partial charge in [-0.15, -0.1) is 10.2 Å². The maximum absolute atomic E-state index is 12.2. The number of benzene rings is 1. The van der Waals surface area contributed by atoms with Crippen LogP contribution < -0.4 is 20.7 Å². The molecule has 0 radical (unpaired) electrons. The van der Waals surface area contributed by atoms with Crippen LogP contribution >= 0.6 is 11.3 Å². The second-order valence-electron chi connectivity index (χ2n) is 5.32. The molecular weight excluding hydrogens is 342 g/mol. The zero-order valence-corrected chi connectivity index (χ0v) is 15.1. The molecule has 0 bridgehead atoms. The van der Waals surface area contributed by atoms with Gasteiger partial charge in [0.15, 0.2) is 0 Å². The lowest BCUT2D eigenvalue weighted by atomic mass is 10.3. The maximum Gasteiger partial charge on any atom is 0.315 e. The van der Waals surface area contributed by atoms with Gasteiger partial charge in [0.2, 0.25) is 5.01 Å². The third-order valence-electron chi connectivity index (χ3n) is 3.40. The van der Waals surface area contributed by atoms with Crippen LogP contribution in [0.4, 0.5) is 10.5 Å². The summed E-state index contributed by atoms with van der Waals surface area (Å²) >= 11 is 1.13. The van der Waals surface area contributed by atoms with Crippen molar-refractivity contribution >= 4 is 29.0 Å². The standard InChI is InChI=1S/C16H21N5O3S/c1-4-10(2)18-16(23)17-9-13-20-21-15(25-13)14(22)19-11-5-7-12(24-3)8-6-11/h5-8,10H,4,9H2,1-3H3,(H,19,22)(H2,17,18,23). The van der Waals surface area contributed by atoms with Crippen molar-refractivity contribution in [1.29, 1.82) is 0 Å². The molecule has 0 saturated heterocycles. The van der Waals surface area contributed by atoms with Crippen molar-refractivity contribution in [3.63, 3.8) is 0 Å². The highest BCUT2D eigenvalue weighted by Crippen LogP contribution is 2.17. The number of urea groups is 1. The highest BCUT2D eigenvalue weighted by Gasteiger charge is 2.14. The van der Waals surface area contributed by atoms with E-state index in [9.17, 15) is 9.59 Å². The molecule has 2 rings (SSSR count). The minimum atomic E-state index is -0.349. The third-order valence-corrected chi connectivity index (χ3v) is 4.32. The lowest BCUT2D eigenvalue weighted by molar-refractivity contribution is 0.102. The molecule has 0 fully saturated rings. The quantitative estimate of drug-likeness (QED) is 0.700. The minimum Gasteiger partial charge on any atom is -0.497 e. The second-order valence-corrected chi connectivity index (χ2v) is 6.38. The predicted molar refractivity (Wildman–Crippen MR) is 96.0 cm³/mol. The molecule has 25 heavy (non-hydrogen) atoms. The van der Waals surface area contributed by atoms with E-state index >= 15 is 0 Å². The highest BCUT2D eigenvalue weighted by molar-refractivity contribution is 7.13. The predicted octanol–water partition coefficient (Wildman–Crippen LogP) is 2.40. The summed E-state index contributed by atoms with van der Waals surface area (Å²) in [4.78, 5) is 23.8. The van der Waals surface area contributed by atoms with E-state index in [0.717, 1.165) is 17.8 Å². The third kappa shape index (κ3) is 5.71. The van der Waals surface area contributed by atoms with Crippen molar-refractivity contribution in [3.8, 4) is 5.75 Å². The van der Waals surface area contributed by atoms with Gasteiger partial charge in [-0.25, -0.2) is 4.79 Å². The highest BCUT2D eigenvalue weighted by atomic mass is 32.1. The molecule has 2 aromatic rings. The van der Waals surface area contributed by atoms with Crippen LogP contribution in [0.2, 0.25) is 0 Å². The largest absolute Gasteiger partial charge is 0.497 e. The van der Waals surface area contributed by atoms with Crippen LogP contribution in [0.5, 0.6) is 5.75 Å². The molecule has 1 heterocycles. The first-order valence-corrected chi connectivity index (χ1v) is 8.65. The van der Waals surface area contributed by atoms with Gasteiger partial charge in [-0.3, -0.25) is 4.79 Å². The number of hydrogen-bond donors (Lipinski definition) is 3. The summed E-state index contributed by atoms with van der Waals surface area (Å²) in [5, 5.41) is 16.8. The van der Waals surface area contributed by atoms with Gasteiger partial charge >= 0.3 is 6.03 Å². The molecule has 0 saturated carbocycles. The number of anilines is 1. The number of nitrogens with one attached hydrogen (secondary N) is 3. The SMILES string of the molecule is CCC(C)NC(=O)NCc1nnc(C(=O)Nc2ccc(OC)cc2)s1. The van der Waals surface area contributed by atoms with E-state index < -0.39 is 0 Å². The molecule has 3 amide bonds. The number of carbonyl (C=O) groups is 2. The zero-order chi connectivity index (χ0) is 18.2.